The molecular weight excluding hydrogens is 370 g/mol. The topological polar surface area (TPSA) is 84.7 Å². The summed E-state index contributed by atoms with van der Waals surface area (Å²) in [6, 6.07) is 11.9. The predicted octanol–water partition coefficient (Wildman–Crippen LogP) is 2.02. The normalized spacial score (nSPS) is 29.5. The van der Waals surface area contributed by atoms with Crippen molar-refractivity contribution in [2.45, 2.75) is 31.5 Å². The predicted molar refractivity (Wildman–Crippen MR) is 105 cm³/mol. The van der Waals surface area contributed by atoms with Crippen LogP contribution in [-0.4, -0.2) is 41.8 Å². The van der Waals surface area contributed by atoms with Crippen LogP contribution < -0.4 is 10.2 Å². The van der Waals surface area contributed by atoms with Gasteiger partial charge in [-0.15, -0.1) is 0 Å². The molecule has 1 aromatic heterocycles. The first kappa shape index (κ1) is 18.1. The maximum Gasteiger partial charge on any atom is 0.235 e. The van der Waals surface area contributed by atoms with Crippen molar-refractivity contribution < 1.29 is 18.8 Å². The fourth-order valence-electron chi connectivity index (χ4n) is 4.74. The first-order valence-corrected chi connectivity index (χ1v) is 10.0. The molecule has 2 saturated heterocycles. The van der Waals surface area contributed by atoms with Crippen molar-refractivity contribution in [3.05, 3.63) is 59.9 Å². The van der Waals surface area contributed by atoms with Crippen LogP contribution in [-0.2, 0) is 20.7 Å². The summed E-state index contributed by atoms with van der Waals surface area (Å²) < 4.78 is 11.2. The maximum absolute atomic E-state index is 13.2. The van der Waals surface area contributed by atoms with Crippen molar-refractivity contribution in [1.82, 2.24) is 10.5 Å². The Labute approximate surface area is 168 Å². The largest absolute Gasteiger partial charge is 0.360 e. The van der Waals surface area contributed by atoms with E-state index in [2.05, 4.69) is 22.6 Å². The lowest BCUT2D eigenvalue weighted by molar-refractivity contribution is -0.131. The summed E-state index contributed by atoms with van der Waals surface area (Å²) in [4.78, 5) is 27.7. The molecule has 1 aromatic carbocycles. The molecule has 2 bridgehead atoms. The standard InChI is InChI=1S/C22H23N3O4/c1-14-12-17(24-29-14)25-13-22-10-9-16(28-22)18(19(22)21(25)27)20(26)23-11-5-8-15-6-3-2-4-7-15/h2-4,6-7,9-10,12,16,18-19H,5,8,11,13H2,1H3,(H,23,26)/t16-,18+,19+,22-/m0/s1. The fourth-order valence-corrected chi connectivity index (χ4v) is 4.74. The summed E-state index contributed by atoms with van der Waals surface area (Å²) in [7, 11) is 0. The number of aryl methyl sites for hydroxylation is 2. The first-order valence-electron chi connectivity index (χ1n) is 10.0. The molecule has 150 valence electrons. The van der Waals surface area contributed by atoms with Gasteiger partial charge in [0, 0.05) is 12.6 Å². The molecule has 2 fully saturated rings. The van der Waals surface area contributed by atoms with Gasteiger partial charge in [-0.3, -0.25) is 14.5 Å². The zero-order valence-corrected chi connectivity index (χ0v) is 16.2. The zero-order chi connectivity index (χ0) is 20.0. The van der Waals surface area contributed by atoms with E-state index in [1.54, 1.807) is 17.9 Å². The Morgan fingerprint density at radius 2 is 2.17 bits per heavy atom. The van der Waals surface area contributed by atoms with E-state index in [1.807, 2.05) is 30.4 Å². The van der Waals surface area contributed by atoms with Gasteiger partial charge in [0.15, 0.2) is 5.82 Å². The second kappa shape index (κ2) is 6.84. The Bertz CT molecular complexity index is 969. The van der Waals surface area contributed by atoms with Gasteiger partial charge in [0.1, 0.15) is 11.4 Å². The number of hydrogen-bond acceptors (Lipinski definition) is 5. The fraction of sp³-hybridized carbons (Fsp3) is 0.409. The summed E-state index contributed by atoms with van der Waals surface area (Å²) >= 11 is 0. The third kappa shape index (κ3) is 2.97. The van der Waals surface area contributed by atoms with Crippen molar-refractivity contribution in [2.24, 2.45) is 11.8 Å². The van der Waals surface area contributed by atoms with Crippen molar-refractivity contribution in [2.75, 3.05) is 18.0 Å². The quantitative estimate of drug-likeness (QED) is 0.600. The smallest absolute Gasteiger partial charge is 0.235 e. The lowest BCUT2D eigenvalue weighted by atomic mass is 9.77. The summed E-state index contributed by atoms with van der Waals surface area (Å²) in [5.74, 6) is -0.180. The number of nitrogens with zero attached hydrogens (tertiary/aromatic N) is 2. The highest BCUT2D eigenvalue weighted by Crippen LogP contribution is 2.52. The number of aromatic nitrogens is 1. The summed E-state index contributed by atoms with van der Waals surface area (Å²) in [6.07, 6.45) is 5.25. The number of hydrogen-bond donors (Lipinski definition) is 1. The van der Waals surface area contributed by atoms with Gasteiger partial charge in [-0.2, -0.15) is 0 Å². The lowest BCUT2D eigenvalue weighted by Crippen LogP contribution is -2.44. The van der Waals surface area contributed by atoms with Gasteiger partial charge in [-0.05, 0) is 25.3 Å². The minimum atomic E-state index is -0.749. The summed E-state index contributed by atoms with van der Waals surface area (Å²) in [5, 5.41) is 6.97. The van der Waals surface area contributed by atoms with E-state index in [0.29, 0.717) is 24.7 Å². The molecule has 0 radical (unpaired) electrons. The summed E-state index contributed by atoms with van der Waals surface area (Å²) in [5.41, 5.74) is 0.497. The van der Waals surface area contributed by atoms with Gasteiger partial charge in [0.2, 0.25) is 11.8 Å². The number of anilines is 1. The lowest BCUT2D eigenvalue weighted by Gasteiger charge is -2.23. The molecule has 2 amide bonds. The van der Waals surface area contributed by atoms with Crippen molar-refractivity contribution in [1.29, 1.82) is 0 Å². The van der Waals surface area contributed by atoms with Crippen LogP contribution in [0.5, 0.6) is 0 Å². The van der Waals surface area contributed by atoms with Crippen LogP contribution in [0.15, 0.2) is 53.1 Å². The highest BCUT2D eigenvalue weighted by Gasteiger charge is 2.67. The number of benzene rings is 1. The van der Waals surface area contributed by atoms with E-state index in [1.165, 1.54) is 5.56 Å². The third-order valence-electron chi connectivity index (χ3n) is 6.08. The number of rotatable bonds is 6. The molecule has 7 nitrogen and oxygen atoms in total. The van der Waals surface area contributed by atoms with E-state index in [4.69, 9.17) is 9.26 Å². The van der Waals surface area contributed by atoms with Crippen molar-refractivity contribution >= 4 is 17.6 Å². The number of carbonyl (C=O) groups is 2. The molecule has 0 aliphatic carbocycles. The van der Waals surface area contributed by atoms with E-state index in [9.17, 15) is 9.59 Å². The van der Waals surface area contributed by atoms with Crippen LogP contribution in [0.1, 0.15) is 17.7 Å². The van der Waals surface area contributed by atoms with E-state index in [-0.39, 0.29) is 17.9 Å². The second-order valence-corrected chi connectivity index (χ2v) is 8.00. The average Bonchev–Trinajstić information content (AvgIpc) is 3.47. The van der Waals surface area contributed by atoms with Crippen LogP contribution in [0, 0.1) is 18.8 Å². The number of carbonyl (C=O) groups excluding carboxylic acids is 2. The summed E-state index contributed by atoms with van der Waals surface area (Å²) in [6.45, 7) is 2.71. The SMILES string of the molecule is Cc1cc(N2C[C@]34C=C[C@H](O3)[C@@H](C(=O)NCCCc3ccccc3)[C@@H]4C2=O)no1. The number of amides is 2. The number of ether oxygens (including phenoxy) is 1. The second-order valence-electron chi connectivity index (χ2n) is 8.00. The van der Waals surface area contributed by atoms with Gasteiger partial charge >= 0.3 is 0 Å². The Balaban J connectivity index is 1.26. The number of fused-ring (bicyclic) bond motifs is 1. The molecular formula is C22H23N3O4. The maximum atomic E-state index is 13.2. The zero-order valence-electron chi connectivity index (χ0n) is 16.2. The third-order valence-corrected chi connectivity index (χ3v) is 6.08. The molecule has 0 saturated carbocycles. The molecule has 1 spiro atoms. The molecule has 4 heterocycles. The minimum Gasteiger partial charge on any atom is -0.360 e. The van der Waals surface area contributed by atoms with E-state index >= 15 is 0 Å². The molecule has 0 unspecified atom stereocenters. The molecule has 4 atom stereocenters. The Kier molecular flexibility index (Phi) is 4.28. The Morgan fingerprint density at radius 1 is 1.34 bits per heavy atom. The van der Waals surface area contributed by atoms with Crippen LogP contribution in [0.25, 0.3) is 0 Å². The van der Waals surface area contributed by atoms with Gasteiger partial charge in [0.05, 0.1) is 24.5 Å². The molecule has 1 N–H and O–H groups in total. The molecule has 29 heavy (non-hydrogen) atoms. The van der Waals surface area contributed by atoms with Crippen LogP contribution >= 0.6 is 0 Å². The molecule has 2 aromatic rings. The van der Waals surface area contributed by atoms with Gasteiger partial charge in [0.25, 0.3) is 0 Å². The number of nitrogens with one attached hydrogen (secondary N) is 1. The van der Waals surface area contributed by atoms with Gasteiger partial charge < -0.3 is 14.6 Å². The van der Waals surface area contributed by atoms with E-state index < -0.39 is 17.4 Å². The average molecular weight is 393 g/mol. The first-order chi connectivity index (χ1) is 14.1. The molecule has 3 aliphatic heterocycles. The minimum absolute atomic E-state index is 0.120. The van der Waals surface area contributed by atoms with Gasteiger partial charge in [-0.25, -0.2) is 0 Å². The Morgan fingerprint density at radius 3 is 2.93 bits per heavy atom. The van der Waals surface area contributed by atoms with Gasteiger partial charge in [-0.1, -0.05) is 47.6 Å². The monoisotopic (exact) mass is 393 g/mol. The highest BCUT2D eigenvalue weighted by molar-refractivity contribution is 6.02. The van der Waals surface area contributed by atoms with Crippen molar-refractivity contribution in [3.63, 3.8) is 0 Å². The van der Waals surface area contributed by atoms with Crippen molar-refractivity contribution in [3.8, 4) is 0 Å². The molecule has 3 aliphatic rings. The van der Waals surface area contributed by atoms with Crippen LogP contribution in [0.3, 0.4) is 0 Å². The van der Waals surface area contributed by atoms with Crippen LogP contribution in [0.4, 0.5) is 5.82 Å². The van der Waals surface area contributed by atoms with E-state index in [0.717, 1.165) is 12.8 Å². The Hall–Kier alpha value is -2.93. The highest BCUT2D eigenvalue weighted by atomic mass is 16.5. The molecule has 7 heteroatoms. The molecule has 5 rings (SSSR count). The van der Waals surface area contributed by atoms with Crippen LogP contribution in [0.2, 0.25) is 0 Å².